The van der Waals surface area contributed by atoms with Gasteiger partial charge in [-0.15, -0.1) is 0 Å². The number of carboxylic acids is 1. The van der Waals surface area contributed by atoms with E-state index in [0.717, 1.165) is 12.6 Å². The summed E-state index contributed by atoms with van der Waals surface area (Å²) in [6.07, 6.45) is 1.93. The molecular weight excluding hydrogens is 250 g/mol. The number of pyridine rings is 1. The van der Waals surface area contributed by atoms with Crippen LogP contribution in [0.1, 0.15) is 20.8 Å². The topological polar surface area (TPSA) is 90.8 Å². The van der Waals surface area contributed by atoms with Crippen molar-refractivity contribution >= 4 is 18.3 Å². The minimum Gasteiger partial charge on any atom is -0.478 e. The molecule has 0 spiro atoms. The number of carboxylic acid groups (broad SMARTS) is 1. The Labute approximate surface area is 109 Å². The summed E-state index contributed by atoms with van der Waals surface area (Å²) < 4.78 is 0. The fourth-order valence-electron chi connectivity index (χ4n) is 1.84. The van der Waals surface area contributed by atoms with Crippen molar-refractivity contribution in [3.8, 4) is 0 Å². The van der Waals surface area contributed by atoms with Crippen LogP contribution in [0.4, 0.5) is 0 Å². The van der Waals surface area contributed by atoms with Gasteiger partial charge in [0.05, 0.1) is 5.56 Å². The number of carbonyl (C=O) groups excluding carboxylic acids is 2. The van der Waals surface area contributed by atoms with Crippen LogP contribution in [0.25, 0.3) is 0 Å². The van der Waals surface area contributed by atoms with Gasteiger partial charge in [0.2, 0.25) is 6.41 Å². The minimum atomic E-state index is -1.08. The first kappa shape index (κ1) is 13.0. The van der Waals surface area contributed by atoms with Gasteiger partial charge in [0, 0.05) is 32.4 Å². The lowest BCUT2D eigenvalue weighted by Crippen LogP contribution is -2.48. The summed E-state index contributed by atoms with van der Waals surface area (Å²) in [6.45, 7) is 1.92. The molecule has 2 rings (SSSR count). The molecule has 19 heavy (non-hydrogen) atoms. The van der Waals surface area contributed by atoms with Gasteiger partial charge in [0.1, 0.15) is 5.69 Å². The summed E-state index contributed by atoms with van der Waals surface area (Å²) in [6, 6.07) is 2.75. The summed E-state index contributed by atoms with van der Waals surface area (Å²) in [5, 5.41) is 8.75. The third kappa shape index (κ3) is 2.87. The Balaban J connectivity index is 2.04. The summed E-state index contributed by atoms with van der Waals surface area (Å²) in [5.41, 5.74) is 0.256. The Kier molecular flexibility index (Phi) is 3.74. The van der Waals surface area contributed by atoms with Gasteiger partial charge < -0.3 is 14.9 Å². The van der Waals surface area contributed by atoms with Gasteiger partial charge in [-0.1, -0.05) is 0 Å². The SMILES string of the molecule is O=CN1CCN(C(=O)c2ccc(C(=O)O)cn2)CC1. The smallest absolute Gasteiger partial charge is 0.337 e. The zero-order valence-corrected chi connectivity index (χ0v) is 10.2. The highest BCUT2D eigenvalue weighted by molar-refractivity contribution is 5.93. The van der Waals surface area contributed by atoms with E-state index in [2.05, 4.69) is 4.98 Å². The molecule has 100 valence electrons. The van der Waals surface area contributed by atoms with Gasteiger partial charge >= 0.3 is 5.97 Å². The first-order valence-corrected chi connectivity index (χ1v) is 5.80. The van der Waals surface area contributed by atoms with Crippen LogP contribution in [0.3, 0.4) is 0 Å². The molecule has 0 bridgehead atoms. The highest BCUT2D eigenvalue weighted by atomic mass is 16.4. The van der Waals surface area contributed by atoms with Crippen molar-refractivity contribution in [3.05, 3.63) is 29.6 Å². The predicted octanol–water partition coefficient (Wildman–Crippen LogP) is -0.306. The number of hydrogen-bond donors (Lipinski definition) is 1. The van der Waals surface area contributed by atoms with Crippen molar-refractivity contribution < 1.29 is 19.5 Å². The third-order valence-corrected chi connectivity index (χ3v) is 2.98. The lowest BCUT2D eigenvalue weighted by Gasteiger charge is -2.32. The lowest BCUT2D eigenvalue weighted by molar-refractivity contribution is -0.119. The van der Waals surface area contributed by atoms with Crippen LogP contribution in [-0.4, -0.2) is 64.4 Å². The zero-order chi connectivity index (χ0) is 13.8. The van der Waals surface area contributed by atoms with Gasteiger partial charge in [-0.3, -0.25) is 14.6 Å². The van der Waals surface area contributed by atoms with Gasteiger partial charge in [-0.25, -0.2) is 4.79 Å². The van der Waals surface area contributed by atoms with E-state index in [4.69, 9.17) is 5.11 Å². The molecule has 2 amide bonds. The van der Waals surface area contributed by atoms with Crippen molar-refractivity contribution in [3.63, 3.8) is 0 Å². The average Bonchev–Trinajstić information content (AvgIpc) is 2.46. The first-order valence-electron chi connectivity index (χ1n) is 5.80. The Morgan fingerprint density at radius 3 is 2.37 bits per heavy atom. The Bertz CT molecular complexity index is 492. The monoisotopic (exact) mass is 263 g/mol. The molecule has 1 N–H and O–H groups in total. The van der Waals surface area contributed by atoms with Gasteiger partial charge in [-0.05, 0) is 12.1 Å². The van der Waals surface area contributed by atoms with Crippen molar-refractivity contribution in [1.29, 1.82) is 0 Å². The second-order valence-electron chi connectivity index (χ2n) is 4.17. The maximum absolute atomic E-state index is 12.1. The molecule has 1 fully saturated rings. The highest BCUT2D eigenvalue weighted by Gasteiger charge is 2.22. The zero-order valence-electron chi connectivity index (χ0n) is 10.2. The van der Waals surface area contributed by atoms with E-state index in [-0.39, 0.29) is 17.2 Å². The van der Waals surface area contributed by atoms with Gasteiger partial charge in [-0.2, -0.15) is 0 Å². The average molecular weight is 263 g/mol. The maximum atomic E-state index is 12.1. The largest absolute Gasteiger partial charge is 0.478 e. The van der Waals surface area contributed by atoms with E-state index >= 15 is 0 Å². The maximum Gasteiger partial charge on any atom is 0.337 e. The number of hydrogen-bond acceptors (Lipinski definition) is 4. The van der Waals surface area contributed by atoms with E-state index in [9.17, 15) is 14.4 Å². The van der Waals surface area contributed by atoms with Crippen molar-refractivity contribution in [1.82, 2.24) is 14.8 Å². The number of carbonyl (C=O) groups is 3. The van der Waals surface area contributed by atoms with E-state index < -0.39 is 5.97 Å². The number of piperazine rings is 1. The second kappa shape index (κ2) is 5.47. The molecule has 0 atom stereocenters. The van der Waals surface area contributed by atoms with Crippen LogP contribution < -0.4 is 0 Å². The van der Waals surface area contributed by atoms with Crippen LogP contribution in [0.5, 0.6) is 0 Å². The fourth-order valence-corrected chi connectivity index (χ4v) is 1.84. The van der Waals surface area contributed by atoms with Gasteiger partial charge in [0.15, 0.2) is 0 Å². The van der Waals surface area contributed by atoms with E-state index in [0.29, 0.717) is 26.2 Å². The number of aromatic nitrogens is 1. The molecule has 1 aliphatic rings. The number of aromatic carboxylic acids is 1. The van der Waals surface area contributed by atoms with Crippen LogP contribution in [0, 0.1) is 0 Å². The summed E-state index contributed by atoms with van der Waals surface area (Å²) in [7, 11) is 0. The van der Waals surface area contributed by atoms with Crippen LogP contribution in [-0.2, 0) is 4.79 Å². The molecular formula is C12H13N3O4. The van der Waals surface area contributed by atoms with E-state index in [1.54, 1.807) is 9.80 Å². The molecule has 1 aromatic heterocycles. The number of nitrogens with zero attached hydrogens (tertiary/aromatic N) is 3. The van der Waals surface area contributed by atoms with Crippen molar-refractivity contribution in [2.24, 2.45) is 0 Å². The normalized spacial score (nSPS) is 15.2. The predicted molar refractivity (Wildman–Crippen MR) is 64.7 cm³/mol. The quantitative estimate of drug-likeness (QED) is 0.756. The highest BCUT2D eigenvalue weighted by Crippen LogP contribution is 2.07. The molecule has 7 heteroatoms. The van der Waals surface area contributed by atoms with Gasteiger partial charge in [0.25, 0.3) is 5.91 Å². The lowest BCUT2D eigenvalue weighted by atomic mass is 10.2. The minimum absolute atomic E-state index is 0.0438. The Hall–Kier alpha value is -2.44. The Morgan fingerprint density at radius 2 is 1.89 bits per heavy atom. The van der Waals surface area contributed by atoms with E-state index in [1.807, 2.05) is 0 Å². The fraction of sp³-hybridized carbons (Fsp3) is 0.333. The summed E-state index contributed by atoms with van der Waals surface area (Å²) in [5.74, 6) is -1.33. The summed E-state index contributed by atoms with van der Waals surface area (Å²) in [4.78, 5) is 40.4. The third-order valence-electron chi connectivity index (χ3n) is 2.98. The molecule has 1 aromatic rings. The van der Waals surface area contributed by atoms with Crippen LogP contribution >= 0.6 is 0 Å². The van der Waals surface area contributed by atoms with Crippen molar-refractivity contribution in [2.45, 2.75) is 0 Å². The molecule has 1 aliphatic heterocycles. The second-order valence-corrected chi connectivity index (χ2v) is 4.17. The molecule has 0 radical (unpaired) electrons. The Morgan fingerprint density at radius 1 is 1.21 bits per heavy atom. The van der Waals surface area contributed by atoms with E-state index in [1.165, 1.54) is 12.1 Å². The van der Waals surface area contributed by atoms with Crippen molar-refractivity contribution in [2.75, 3.05) is 26.2 Å². The number of amides is 2. The van der Waals surface area contributed by atoms with Crippen LogP contribution in [0.15, 0.2) is 18.3 Å². The first-order chi connectivity index (χ1) is 9.11. The molecule has 0 unspecified atom stereocenters. The summed E-state index contributed by atoms with van der Waals surface area (Å²) >= 11 is 0. The number of rotatable bonds is 3. The molecule has 1 saturated heterocycles. The molecule has 7 nitrogen and oxygen atoms in total. The molecule has 0 saturated carbocycles. The standard InChI is InChI=1S/C12H13N3O4/c16-8-14-3-5-15(6-4-14)11(17)10-2-1-9(7-13-10)12(18)19/h1-2,7-8H,3-6H2,(H,18,19). The van der Waals surface area contributed by atoms with Crippen LogP contribution in [0.2, 0.25) is 0 Å². The molecule has 0 aromatic carbocycles. The molecule has 0 aliphatic carbocycles. The molecule has 2 heterocycles.